The molecule has 0 atom stereocenters. The number of aryl methyl sites for hydroxylation is 1. The first-order chi connectivity index (χ1) is 15.4. The monoisotopic (exact) mass is 453 g/mol. The number of amides is 1. The number of benzene rings is 1. The number of ether oxygens (including phenoxy) is 2. The number of hydrogen-bond acceptors (Lipinski definition) is 7. The van der Waals surface area contributed by atoms with Gasteiger partial charge >= 0.3 is 0 Å². The summed E-state index contributed by atoms with van der Waals surface area (Å²) in [5.74, 6) is 0.471. The van der Waals surface area contributed by atoms with E-state index in [0.29, 0.717) is 43.7 Å². The number of fused-ring (bicyclic) bond motifs is 1. The molecule has 0 aliphatic carbocycles. The second-order valence-corrected chi connectivity index (χ2v) is 8.21. The maximum absolute atomic E-state index is 13.2. The van der Waals surface area contributed by atoms with Gasteiger partial charge in [0.2, 0.25) is 5.88 Å². The number of thiophene rings is 1. The quantitative estimate of drug-likeness (QED) is 0.481. The van der Waals surface area contributed by atoms with Crippen LogP contribution in [-0.2, 0) is 18.4 Å². The average molecular weight is 454 g/mol. The third-order valence-corrected chi connectivity index (χ3v) is 6.45. The van der Waals surface area contributed by atoms with Crippen molar-refractivity contribution in [3.63, 3.8) is 0 Å². The molecule has 10 heteroatoms. The Morgan fingerprint density at radius 2 is 1.88 bits per heavy atom. The number of para-hydroxylation sites is 1. The lowest BCUT2D eigenvalue weighted by atomic mass is 10.2. The molecule has 0 unspecified atom stereocenters. The largest absolute Gasteiger partial charge is 0.480 e. The van der Waals surface area contributed by atoms with E-state index in [2.05, 4.69) is 15.3 Å². The number of carbonyl (C=O) groups excluding carboxylic acids is 1. The number of carbonyl (C=O) groups is 1. The van der Waals surface area contributed by atoms with Gasteiger partial charge in [-0.2, -0.15) is 4.98 Å². The minimum Gasteiger partial charge on any atom is -0.480 e. The molecule has 32 heavy (non-hydrogen) atoms. The van der Waals surface area contributed by atoms with E-state index in [1.165, 1.54) is 23.1 Å². The van der Waals surface area contributed by atoms with Crippen LogP contribution in [0.5, 0.6) is 5.88 Å². The molecule has 0 bridgehead atoms. The van der Waals surface area contributed by atoms with Crippen molar-refractivity contribution < 1.29 is 14.3 Å². The molecule has 9 nitrogen and oxygen atoms in total. The van der Waals surface area contributed by atoms with E-state index in [1.54, 1.807) is 25.8 Å². The van der Waals surface area contributed by atoms with Crippen molar-refractivity contribution in [1.29, 1.82) is 0 Å². The van der Waals surface area contributed by atoms with Gasteiger partial charge in [-0.15, -0.1) is 11.3 Å². The second-order valence-electron chi connectivity index (χ2n) is 7.21. The molecule has 1 N–H and O–H groups in total. The molecule has 3 aromatic heterocycles. The minimum atomic E-state index is -0.383. The van der Waals surface area contributed by atoms with Gasteiger partial charge in [-0.25, -0.2) is 9.67 Å². The molecule has 0 spiro atoms. The normalized spacial score (nSPS) is 11.2. The maximum Gasteiger partial charge on any atom is 0.295 e. The lowest BCUT2D eigenvalue weighted by molar-refractivity contribution is 0.103. The highest BCUT2D eigenvalue weighted by molar-refractivity contribution is 7.20. The van der Waals surface area contributed by atoms with E-state index >= 15 is 0 Å². The Hall–Kier alpha value is -3.50. The predicted octanol–water partition coefficient (Wildman–Crippen LogP) is 3.20. The van der Waals surface area contributed by atoms with E-state index in [-0.39, 0.29) is 23.8 Å². The Morgan fingerprint density at radius 3 is 2.53 bits per heavy atom. The van der Waals surface area contributed by atoms with Gasteiger partial charge in [0.1, 0.15) is 17.1 Å². The fourth-order valence-corrected chi connectivity index (χ4v) is 4.67. The van der Waals surface area contributed by atoms with Crippen LogP contribution in [-0.4, -0.2) is 39.5 Å². The number of rotatable bonds is 6. The molecule has 0 radical (unpaired) electrons. The molecule has 0 saturated heterocycles. The van der Waals surface area contributed by atoms with Crippen molar-refractivity contribution in [1.82, 2.24) is 19.3 Å². The van der Waals surface area contributed by atoms with E-state index < -0.39 is 0 Å². The lowest BCUT2D eigenvalue weighted by Gasteiger charge is -2.07. The highest BCUT2D eigenvalue weighted by Crippen LogP contribution is 2.35. The number of aromatic nitrogens is 4. The average Bonchev–Trinajstić information content (AvgIpc) is 3.23. The Labute approximate surface area is 188 Å². The van der Waals surface area contributed by atoms with Crippen LogP contribution in [0.25, 0.3) is 15.9 Å². The highest BCUT2D eigenvalue weighted by atomic mass is 32.1. The van der Waals surface area contributed by atoms with Crippen molar-refractivity contribution in [2.75, 3.05) is 19.5 Å². The zero-order valence-corrected chi connectivity index (χ0v) is 19.2. The summed E-state index contributed by atoms with van der Waals surface area (Å²) in [5, 5.41) is 3.48. The van der Waals surface area contributed by atoms with Gasteiger partial charge in [-0.1, -0.05) is 18.2 Å². The van der Waals surface area contributed by atoms with Crippen LogP contribution in [0, 0.1) is 13.8 Å². The molecule has 0 fully saturated rings. The van der Waals surface area contributed by atoms with Crippen molar-refractivity contribution in [3.05, 3.63) is 62.6 Å². The molecule has 4 rings (SSSR count). The van der Waals surface area contributed by atoms with Gasteiger partial charge in [0, 0.05) is 14.2 Å². The fraction of sp³-hybridized carbons (Fsp3) is 0.273. The van der Waals surface area contributed by atoms with E-state index in [4.69, 9.17) is 9.47 Å². The van der Waals surface area contributed by atoms with Crippen molar-refractivity contribution >= 4 is 33.1 Å². The van der Waals surface area contributed by atoms with Gasteiger partial charge in [-0.05, 0) is 31.5 Å². The molecule has 3 heterocycles. The van der Waals surface area contributed by atoms with Gasteiger partial charge in [0.25, 0.3) is 11.5 Å². The molecule has 0 saturated carbocycles. The SMILES string of the molecule is COCc1nc(OC)c2c(C)c(C(=O)Nc3c(C)n(C)n(-c4ccccc4)c3=O)sc2n1. The molecule has 166 valence electrons. The van der Waals surface area contributed by atoms with Crippen LogP contribution < -0.4 is 15.6 Å². The van der Waals surface area contributed by atoms with Crippen LogP contribution in [0.3, 0.4) is 0 Å². The van der Waals surface area contributed by atoms with Crippen molar-refractivity contribution in [2.45, 2.75) is 20.5 Å². The molecule has 1 amide bonds. The van der Waals surface area contributed by atoms with Crippen molar-refractivity contribution in [3.8, 4) is 11.6 Å². The summed E-state index contributed by atoms with van der Waals surface area (Å²) in [6.07, 6.45) is 0. The van der Waals surface area contributed by atoms with Crippen LogP contribution in [0.4, 0.5) is 5.69 Å². The summed E-state index contributed by atoms with van der Waals surface area (Å²) >= 11 is 1.23. The second kappa shape index (κ2) is 8.56. The summed E-state index contributed by atoms with van der Waals surface area (Å²) in [6, 6.07) is 9.27. The molecular formula is C22H23N5O4S. The number of methoxy groups -OCH3 is 2. The van der Waals surface area contributed by atoms with Crippen LogP contribution in [0.15, 0.2) is 35.1 Å². The zero-order valence-electron chi connectivity index (χ0n) is 18.4. The first-order valence-corrected chi connectivity index (χ1v) is 10.7. The predicted molar refractivity (Wildman–Crippen MR) is 123 cm³/mol. The van der Waals surface area contributed by atoms with Gasteiger partial charge < -0.3 is 14.8 Å². The third-order valence-electron chi connectivity index (χ3n) is 5.27. The standard InChI is InChI=1S/C22H23N5O4S/c1-12-16-20(31-5)23-15(11-30-4)24-21(16)32-18(12)19(28)25-17-13(2)26(3)27(22(17)29)14-9-7-6-8-10-14/h6-10H,11H2,1-5H3,(H,25,28). The van der Waals surface area contributed by atoms with Gasteiger partial charge in [0.15, 0.2) is 5.82 Å². The molecule has 1 aromatic carbocycles. The number of hydrogen-bond donors (Lipinski definition) is 1. The lowest BCUT2D eigenvalue weighted by Crippen LogP contribution is -2.22. The molecule has 4 aromatic rings. The summed E-state index contributed by atoms with van der Waals surface area (Å²) < 4.78 is 13.8. The number of nitrogens with one attached hydrogen (secondary N) is 1. The van der Waals surface area contributed by atoms with E-state index in [0.717, 1.165) is 0 Å². The van der Waals surface area contributed by atoms with E-state index in [9.17, 15) is 9.59 Å². The van der Waals surface area contributed by atoms with Gasteiger partial charge in [-0.3, -0.25) is 14.3 Å². The van der Waals surface area contributed by atoms with Gasteiger partial charge in [0.05, 0.1) is 28.8 Å². The summed E-state index contributed by atoms with van der Waals surface area (Å²) in [6.45, 7) is 3.84. The topological polar surface area (TPSA) is 100 Å². The minimum absolute atomic E-state index is 0.229. The Balaban J connectivity index is 1.75. The zero-order chi connectivity index (χ0) is 23.0. The first-order valence-electron chi connectivity index (χ1n) is 9.85. The van der Waals surface area contributed by atoms with Crippen LogP contribution in [0.1, 0.15) is 26.8 Å². The first kappa shape index (κ1) is 21.7. The highest BCUT2D eigenvalue weighted by Gasteiger charge is 2.24. The molecule has 0 aliphatic rings. The third kappa shape index (κ3) is 3.57. The van der Waals surface area contributed by atoms with Crippen LogP contribution in [0.2, 0.25) is 0 Å². The summed E-state index contributed by atoms with van der Waals surface area (Å²) in [7, 11) is 4.86. The Kier molecular flexibility index (Phi) is 5.81. The van der Waals surface area contributed by atoms with Crippen LogP contribution >= 0.6 is 11.3 Å². The fourth-order valence-electron chi connectivity index (χ4n) is 3.58. The van der Waals surface area contributed by atoms with Crippen molar-refractivity contribution in [2.24, 2.45) is 7.05 Å². The maximum atomic E-state index is 13.2. The van der Waals surface area contributed by atoms with E-state index in [1.807, 2.05) is 37.3 Å². The Morgan fingerprint density at radius 1 is 1.16 bits per heavy atom. The molecule has 0 aliphatic heterocycles. The smallest absolute Gasteiger partial charge is 0.295 e. The Bertz CT molecular complexity index is 1370. The number of nitrogens with zero attached hydrogens (tertiary/aromatic N) is 4. The summed E-state index contributed by atoms with van der Waals surface area (Å²) in [5.41, 5.74) is 1.98. The molecular weight excluding hydrogens is 430 g/mol. The number of anilines is 1. The summed E-state index contributed by atoms with van der Waals surface area (Å²) in [4.78, 5) is 36.2.